The summed E-state index contributed by atoms with van der Waals surface area (Å²) in [6, 6.07) is 0.408. The van der Waals surface area contributed by atoms with Crippen molar-refractivity contribution in [1.82, 2.24) is 5.32 Å². The van der Waals surface area contributed by atoms with Crippen molar-refractivity contribution >= 4 is 17.9 Å². The van der Waals surface area contributed by atoms with Crippen LogP contribution in [-0.2, 0) is 28.6 Å². The molecule has 196 valence electrons. The van der Waals surface area contributed by atoms with E-state index in [9.17, 15) is 24.6 Å². The molecule has 9 heteroatoms. The Morgan fingerprint density at radius 3 is 1.85 bits per heavy atom. The number of esters is 3. The molecule has 0 radical (unpaired) electrons. The standard InChI is InChI=1S/C25H43NO8/c1-3-17(2)23(29)32-15-20(28)16-34-25(31)22-12-8-7-11-21(22)24(30)33-14-19(27)13-26-18-9-5-4-6-10-18/h17-22,26-28H,3-16H2,1-2H3. The number of nitrogens with one attached hydrogen (secondary N) is 1. The van der Waals surface area contributed by atoms with Crippen LogP contribution in [0.4, 0.5) is 0 Å². The first-order valence-electron chi connectivity index (χ1n) is 12.9. The van der Waals surface area contributed by atoms with Crippen molar-refractivity contribution in [3.8, 4) is 0 Å². The zero-order chi connectivity index (χ0) is 24.9. The highest BCUT2D eigenvalue weighted by Crippen LogP contribution is 2.32. The molecule has 0 aliphatic heterocycles. The molecule has 5 unspecified atom stereocenters. The summed E-state index contributed by atoms with van der Waals surface area (Å²) in [5.41, 5.74) is 0. The Morgan fingerprint density at radius 2 is 1.29 bits per heavy atom. The van der Waals surface area contributed by atoms with Crippen LogP contribution in [0.1, 0.15) is 78.1 Å². The number of rotatable bonds is 13. The first-order chi connectivity index (χ1) is 16.3. The smallest absolute Gasteiger partial charge is 0.309 e. The van der Waals surface area contributed by atoms with Gasteiger partial charge in [-0.3, -0.25) is 14.4 Å². The van der Waals surface area contributed by atoms with Crippen molar-refractivity contribution in [2.75, 3.05) is 26.4 Å². The summed E-state index contributed by atoms with van der Waals surface area (Å²) in [6.45, 7) is 3.30. The Balaban J connectivity index is 1.72. The normalized spacial score (nSPS) is 24.0. The van der Waals surface area contributed by atoms with Crippen LogP contribution in [0.15, 0.2) is 0 Å². The number of hydrogen-bond acceptors (Lipinski definition) is 9. The molecule has 3 N–H and O–H groups in total. The molecule has 2 fully saturated rings. The van der Waals surface area contributed by atoms with E-state index in [4.69, 9.17) is 14.2 Å². The van der Waals surface area contributed by atoms with Crippen LogP contribution in [0.5, 0.6) is 0 Å². The predicted molar refractivity (Wildman–Crippen MR) is 125 cm³/mol. The van der Waals surface area contributed by atoms with Gasteiger partial charge in [0.15, 0.2) is 0 Å². The monoisotopic (exact) mass is 485 g/mol. The number of aliphatic hydroxyl groups is 2. The van der Waals surface area contributed by atoms with E-state index in [1.165, 1.54) is 19.3 Å². The molecular formula is C25H43NO8. The van der Waals surface area contributed by atoms with Gasteiger partial charge >= 0.3 is 17.9 Å². The third-order valence-corrected chi connectivity index (χ3v) is 6.89. The molecule has 2 aliphatic carbocycles. The van der Waals surface area contributed by atoms with Gasteiger partial charge in [0.05, 0.1) is 17.8 Å². The number of carbonyl (C=O) groups is 3. The number of hydrogen-bond donors (Lipinski definition) is 3. The van der Waals surface area contributed by atoms with Crippen molar-refractivity contribution in [2.24, 2.45) is 17.8 Å². The number of aliphatic hydroxyl groups excluding tert-OH is 2. The second kappa shape index (κ2) is 15.3. The molecule has 0 spiro atoms. The van der Waals surface area contributed by atoms with Crippen LogP contribution < -0.4 is 5.32 Å². The zero-order valence-corrected chi connectivity index (χ0v) is 20.7. The molecule has 9 nitrogen and oxygen atoms in total. The van der Waals surface area contributed by atoms with E-state index >= 15 is 0 Å². The Morgan fingerprint density at radius 1 is 0.794 bits per heavy atom. The lowest BCUT2D eigenvalue weighted by molar-refractivity contribution is -0.167. The van der Waals surface area contributed by atoms with Crippen LogP contribution in [0.3, 0.4) is 0 Å². The molecule has 2 rings (SSSR count). The number of ether oxygens (including phenoxy) is 3. The van der Waals surface area contributed by atoms with Crippen LogP contribution in [0.25, 0.3) is 0 Å². The van der Waals surface area contributed by atoms with Gasteiger partial charge in [0.2, 0.25) is 0 Å². The fourth-order valence-electron chi connectivity index (χ4n) is 4.47. The summed E-state index contributed by atoms with van der Waals surface area (Å²) < 4.78 is 15.6. The number of carbonyl (C=O) groups excluding carboxylic acids is 3. The highest BCUT2D eigenvalue weighted by atomic mass is 16.6. The Kier molecular flexibility index (Phi) is 12.9. The highest BCUT2D eigenvalue weighted by Gasteiger charge is 2.38. The van der Waals surface area contributed by atoms with Gasteiger partial charge < -0.3 is 29.7 Å². The molecule has 0 aromatic rings. The summed E-state index contributed by atoms with van der Waals surface area (Å²) in [7, 11) is 0. The maximum atomic E-state index is 12.7. The van der Waals surface area contributed by atoms with Gasteiger partial charge in [-0.25, -0.2) is 0 Å². The summed E-state index contributed by atoms with van der Waals surface area (Å²) >= 11 is 0. The molecule has 0 bridgehead atoms. The average molecular weight is 486 g/mol. The topological polar surface area (TPSA) is 131 Å². The predicted octanol–water partition coefficient (Wildman–Crippen LogP) is 2.11. The minimum atomic E-state index is -1.13. The van der Waals surface area contributed by atoms with E-state index in [1.807, 2.05) is 6.92 Å². The van der Waals surface area contributed by atoms with Crippen LogP contribution >= 0.6 is 0 Å². The zero-order valence-electron chi connectivity index (χ0n) is 20.7. The summed E-state index contributed by atoms with van der Waals surface area (Å²) in [5.74, 6) is -2.99. The third-order valence-electron chi connectivity index (χ3n) is 6.89. The quantitative estimate of drug-likeness (QED) is 0.265. The lowest BCUT2D eigenvalue weighted by Gasteiger charge is -2.29. The molecule has 0 amide bonds. The molecule has 0 aromatic carbocycles. The van der Waals surface area contributed by atoms with Gasteiger partial charge in [-0.2, -0.15) is 0 Å². The van der Waals surface area contributed by atoms with Crippen molar-refractivity contribution in [2.45, 2.75) is 96.3 Å². The van der Waals surface area contributed by atoms with E-state index in [0.717, 1.165) is 25.7 Å². The maximum Gasteiger partial charge on any atom is 0.309 e. The SMILES string of the molecule is CCC(C)C(=O)OCC(O)COC(=O)C1CCCCC1C(=O)OCC(O)CNC1CCCCC1. The molecule has 5 atom stereocenters. The molecule has 0 heterocycles. The van der Waals surface area contributed by atoms with Crippen LogP contribution in [-0.4, -0.2) is 72.7 Å². The van der Waals surface area contributed by atoms with Crippen molar-refractivity contribution in [3.63, 3.8) is 0 Å². The van der Waals surface area contributed by atoms with Gasteiger partial charge in [0.25, 0.3) is 0 Å². The Bertz CT molecular complexity index is 636. The minimum Gasteiger partial charge on any atom is -0.463 e. The molecule has 2 aliphatic rings. The van der Waals surface area contributed by atoms with Crippen LogP contribution in [0, 0.1) is 17.8 Å². The Hall–Kier alpha value is -1.71. The first kappa shape index (κ1) is 28.5. The Labute approximate surface area is 202 Å². The van der Waals surface area contributed by atoms with Crippen molar-refractivity contribution in [3.05, 3.63) is 0 Å². The maximum absolute atomic E-state index is 12.7. The summed E-state index contributed by atoms with van der Waals surface area (Å²) in [5, 5.41) is 23.5. The fourth-order valence-corrected chi connectivity index (χ4v) is 4.47. The third kappa shape index (κ3) is 9.88. The van der Waals surface area contributed by atoms with Crippen LogP contribution in [0.2, 0.25) is 0 Å². The van der Waals surface area contributed by atoms with Gasteiger partial charge in [-0.15, -0.1) is 0 Å². The molecule has 34 heavy (non-hydrogen) atoms. The van der Waals surface area contributed by atoms with Crippen molar-refractivity contribution < 1.29 is 38.8 Å². The average Bonchev–Trinajstić information content (AvgIpc) is 2.87. The molecule has 0 saturated heterocycles. The largest absolute Gasteiger partial charge is 0.463 e. The van der Waals surface area contributed by atoms with E-state index in [1.54, 1.807) is 6.92 Å². The van der Waals surface area contributed by atoms with Gasteiger partial charge in [0.1, 0.15) is 32.0 Å². The van der Waals surface area contributed by atoms with E-state index < -0.39 is 42.0 Å². The highest BCUT2D eigenvalue weighted by molar-refractivity contribution is 5.82. The molecule has 0 aromatic heterocycles. The molecular weight excluding hydrogens is 442 g/mol. The lowest BCUT2D eigenvalue weighted by Crippen LogP contribution is -2.40. The van der Waals surface area contributed by atoms with Gasteiger partial charge in [-0.1, -0.05) is 46.0 Å². The van der Waals surface area contributed by atoms with E-state index in [0.29, 0.717) is 31.8 Å². The first-order valence-corrected chi connectivity index (χ1v) is 12.9. The second-order valence-corrected chi connectivity index (χ2v) is 9.75. The molecule has 2 saturated carbocycles. The fraction of sp³-hybridized carbons (Fsp3) is 0.880. The lowest BCUT2D eigenvalue weighted by atomic mass is 9.79. The van der Waals surface area contributed by atoms with Crippen molar-refractivity contribution in [1.29, 1.82) is 0 Å². The van der Waals surface area contributed by atoms with Gasteiger partial charge in [0, 0.05) is 12.6 Å². The summed E-state index contributed by atoms with van der Waals surface area (Å²) in [6.07, 6.45) is 7.20. The van der Waals surface area contributed by atoms with E-state index in [2.05, 4.69) is 5.32 Å². The van der Waals surface area contributed by atoms with Gasteiger partial charge in [-0.05, 0) is 32.1 Å². The minimum absolute atomic E-state index is 0.114. The van der Waals surface area contributed by atoms with E-state index in [-0.39, 0.29) is 25.7 Å². The second-order valence-electron chi connectivity index (χ2n) is 9.75. The summed E-state index contributed by atoms with van der Waals surface area (Å²) in [4.78, 5) is 37.0.